The second-order valence-electron chi connectivity index (χ2n) is 5.91. The molecular weight excluding hydrogens is 299 g/mol. The number of nitrogens with zero attached hydrogens (tertiary/aromatic N) is 2. The first kappa shape index (κ1) is 15.4. The summed E-state index contributed by atoms with van der Waals surface area (Å²) in [5.41, 5.74) is 0.574. The maximum atomic E-state index is 14.1. The van der Waals surface area contributed by atoms with E-state index < -0.39 is 0 Å². The van der Waals surface area contributed by atoms with Crippen molar-refractivity contribution in [3.8, 4) is 0 Å². The fourth-order valence-corrected chi connectivity index (χ4v) is 4.21. The molecule has 0 radical (unpaired) electrons. The van der Waals surface area contributed by atoms with Gasteiger partial charge in [0.05, 0.1) is 10.2 Å². The number of carbonyl (C=O) groups is 1. The van der Waals surface area contributed by atoms with Gasteiger partial charge >= 0.3 is 0 Å². The van der Waals surface area contributed by atoms with Crippen LogP contribution in [0.25, 0.3) is 10.2 Å². The highest BCUT2D eigenvalue weighted by molar-refractivity contribution is 7.16. The minimum absolute atomic E-state index is 0.0310. The van der Waals surface area contributed by atoms with Crippen molar-refractivity contribution in [2.45, 2.75) is 52.0 Å². The summed E-state index contributed by atoms with van der Waals surface area (Å²) >= 11 is 1.41. The molecule has 0 N–H and O–H groups in total. The van der Waals surface area contributed by atoms with Crippen LogP contribution in [0.4, 0.5) is 4.39 Å². The van der Waals surface area contributed by atoms with Crippen LogP contribution in [0.15, 0.2) is 23.2 Å². The number of amides is 1. The minimum atomic E-state index is -0.242. The second kappa shape index (κ2) is 6.73. The standard InChI is InChI=1S/C17H21FN2OS/c1-2-11-20-15-13(18)9-6-10-14(15)22-17(20)19-16(21)12-7-4-3-5-8-12/h6,9-10,12H,2-5,7-8,11H2,1H3. The van der Waals surface area contributed by atoms with E-state index in [4.69, 9.17) is 0 Å². The van der Waals surface area contributed by atoms with Crippen molar-refractivity contribution in [1.29, 1.82) is 0 Å². The molecule has 1 saturated carbocycles. The van der Waals surface area contributed by atoms with Gasteiger partial charge in [-0.15, -0.1) is 0 Å². The monoisotopic (exact) mass is 320 g/mol. The van der Waals surface area contributed by atoms with Gasteiger partial charge in [0.2, 0.25) is 0 Å². The number of halogens is 1. The van der Waals surface area contributed by atoms with Gasteiger partial charge in [0.25, 0.3) is 5.91 Å². The first-order valence-corrected chi connectivity index (χ1v) is 8.88. The predicted molar refractivity (Wildman–Crippen MR) is 87.2 cm³/mol. The van der Waals surface area contributed by atoms with Crippen molar-refractivity contribution in [2.24, 2.45) is 10.9 Å². The molecule has 1 aliphatic rings. The van der Waals surface area contributed by atoms with Crippen LogP contribution < -0.4 is 4.80 Å². The Labute approximate surface area is 133 Å². The lowest BCUT2D eigenvalue weighted by atomic mass is 9.89. The van der Waals surface area contributed by atoms with Gasteiger partial charge in [0.15, 0.2) is 4.80 Å². The van der Waals surface area contributed by atoms with Crippen molar-refractivity contribution in [1.82, 2.24) is 4.57 Å². The van der Waals surface area contributed by atoms with Gasteiger partial charge in [0.1, 0.15) is 5.82 Å². The highest BCUT2D eigenvalue weighted by atomic mass is 32.1. The third kappa shape index (κ3) is 3.00. The molecule has 2 aromatic rings. The van der Waals surface area contributed by atoms with Crippen LogP contribution in [0.5, 0.6) is 0 Å². The van der Waals surface area contributed by atoms with Gasteiger partial charge in [-0.05, 0) is 31.4 Å². The van der Waals surface area contributed by atoms with E-state index in [0.29, 0.717) is 16.9 Å². The zero-order chi connectivity index (χ0) is 15.5. The molecule has 118 valence electrons. The molecule has 0 unspecified atom stereocenters. The van der Waals surface area contributed by atoms with E-state index in [9.17, 15) is 9.18 Å². The van der Waals surface area contributed by atoms with E-state index in [1.165, 1.54) is 23.8 Å². The Morgan fingerprint density at radius 1 is 1.36 bits per heavy atom. The molecule has 1 aromatic carbocycles. The van der Waals surface area contributed by atoms with Gasteiger partial charge in [0, 0.05) is 12.5 Å². The fraction of sp³-hybridized carbons (Fsp3) is 0.529. The third-order valence-corrected chi connectivity index (χ3v) is 5.30. The van der Waals surface area contributed by atoms with Crippen LogP contribution in [-0.4, -0.2) is 10.5 Å². The Kier molecular flexibility index (Phi) is 4.71. The molecule has 3 rings (SSSR count). The van der Waals surface area contributed by atoms with Crippen LogP contribution in [0, 0.1) is 11.7 Å². The SMILES string of the molecule is CCCn1c(=NC(=O)C2CCCCC2)sc2cccc(F)c21. The summed E-state index contributed by atoms with van der Waals surface area (Å²) in [5, 5.41) is 0. The van der Waals surface area contributed by atoms with Crippen molar-refractivity contribution in [2.75, 3.05) is 0 Å². The van der Waals surface area contributed by atoms with E-state index in [1.807, 2.05) is 17.6 Å². The highest BCUT2D eigenvalue weighted by Crippen LogP contribution is 2.25. The Morgan fingerprint density at radius 3 is 2.86 bits per heavy atom. The first-order valence-electron chi connectivity index (χ1n) is 8.07. The van der Waals surface area contributed by atoms with Crippen LogP contribution in [0.2, 0.25) is 0 Å². The average molecular weight is 320 g/mol. The van der Waals surface area contributed by atoms with Crippen molar-refractivity contribution in [3.05, 3.63) is 28.8 Å². The lowest BCUT2D eigenvalue weighted by Gasteiger charge is -2.17. The molecule has 0 bridgehead atoms. The molecule has 1 aliphatic carbocycles. The Hall–Kier alpha value is -1.49. The molecule has 22 heavy (non-hydrogen) atoms. The molecule has 0 aliphatic heterocycles. The van der Waals surface area contributed by atoms with Crippen LogP contribution in [-0.2, 0) is 11.3 Å². The summed E-state index contributed by atoms with van der Waals surface area (Å²) < 4.78 is 16.8. The number of rotatable bonds is 3. The third-order valence-electron chi connectivity index (χ3n) is 4.26. The summed E-state index contributed by atoms with van der Waals surface area (Å²) in [6.45, 7) is 2.72. The van der Waals surface area contributed by atoms with Gasteiger partial charge in [-0.3, -0.25) is 4.79 Å². The molecule has 1 fully saturated rings. The number of fused-ring (bicyclic) bond motifs is 1. The lowest BCUT2D eigenvalue weighted by molar-refractivity contribution is -0.122. The summed E-state index contributed by atoms with van der Waals surface area (Å²) in [4.78, 5) is 17.4. The summed E-state index contributed by atoms with van der Waals surface area (Å²) in [7, 11) is 0. The van der Waals surface area contributed by atoms with E-state index >= 15 is 0 Å². The van der Waals surface area contributed by atoms with Gasteiger partial charge in [-0.1, -0.05) is 43.6 Å². The largest absolute Gasteiger partial charge is 0.314 e. The predicted octanol–water partition coefficient (Wildman–Crippen LogP) is 4.26. The van der Waals surface area contributed by atoms with Gasteiger partial charge in [-0.2, -0.15) is 4.99 Å². The number of aryl methyl sites for hydroxylation is 1. The average Bonchev–Trinajstić information content (AvgIpc) is 2.87. The zero-order valence-corrected chi connectivity index (χ0v) is 13.7. The number of thiazole rings is 1. The maximum absolute atomic E-state index is 14.1. The Balaban J connectivity index is 2.05. The number of carbonyl (C=O) groups excluding carboxylic acids is 1. The Bertz CT molecular complexity index is 741. The van der Waals surface area contributed by atoms with Crippen molar-refractivity contribution >= 4 is 27.5 Å². The molecule has 1 aromatic heterocycles. The van der Waals surface area contributed by atoms with Gasteiger partial charge < -0.3 is 4.57 Å². The van der Waals surface area contributed by atoms with E-state index in [2.05, 4.69) is 4.99 Å². The molecule has 5 heteroatoms. The molecule has 0 atom stereocenters. The number of para-hydroxylation sites is 1. The Morgan fingerprint density at radius 2 is 2.14 bits per heavy atom. The maximum Gasteiger partial charge on any atom is 0.251 e. The molecule has 1 heterocycles. The fourth-order valence-electron chi connectivity index (χ4n) is 3.14. The van der Waals surface area contributed by atoms with Crippen molar-refractivity contribution in [3.63, 3.8) is 0 Å². The van der Waals surface area contributed by atoms with Crippen molar-refractivity contribution < 1.29 is 9.18 Å². The van der Waals surface area contributed by atoms with Gasteiger partial charge in [-0.25, -0.2) is 4.39 Å². The summed E-state index contributed by atoms with van der Waals surface area (Å²) in [5.74, 6) is -0.218. The van der Waals surface area contributed by atoms with Crippen LogP contribution >= 0.6 is 11.3 Å². The van der Waals surface area contributed by atoms with Crippen LogP contribution in [0.3, 0.4) is 0 Å². The second-order valence-corrected chi connectivity index (χ2v) is 6.92. The number of hydrogen-bond donors (Lipinski definition) is 0. The van der Waals surface area contributed by atoms with E-state index in [-0.39, 0.29) is 17.6 Å². The number of aromatic nitrogens is 1. The quantitative estimate of drug-likeness (QED) is 0.832. The molecule has 0 saturated heterocycles. The summed E-state index contributed by atoms with van der Waals surface area (Å²) in [6, 6.07) is 5.06. The zero-order valence-electron chi connectivity index (χ0n) is 12.8. The lowest BCUT2D eigenvalue weighted by Crippen LogP contribution is -2.22. The first-order chi connectivity index (χ1) is 10.7. The highest BCUT2D eigenvalue weighted by Gasteiger charge is 2.21. The molecule has 0 spiro atoms. The molecule has 3 nitrogen and oxygen atoms in total. The molecular formula is C17H21FN2OS. The molecule has 1 amide bonds. The smallest absolute Gasteiger partial charge is 0.251 e. The number of benzene rings is 1. The minimum Gasteiger partial charge on any atom is -0.314 e. The van der Waals surface area contributed by atoms with Crippen LogP contribution in [0.1, 0.15) is 45.4 Å². The van der Waals surface area contributed by atoms with E-state index in [0.717, 1.165) is 36.8 Å². The number of hydrogen-bond acceptors (Lipinski definition) is 2. The topological polar surface area (TPSA) is 34.4 Å². The van der Waals surface area contributed by atoms with E-state index in [1.54, 1.807) is 6.07 Å². The summed E-state index contributed by atoms with van der Waals surface area (Å²) in [6.07, 6.45) is 6.20. The normalized spacial score (nSPS) is 17.3.